The molecule has 0 fully saturated rings. The molecule has 2 aromatic rings. The number of amides is 1. The topological polar surface area (TPSA) is 81.9 Å². The molecule has 0 aliphatic carbocycles. The summed E-state index contributed by atoms with van der Waals surface area (Å²) in [6.07, 6.45) is 0. The van der Waals surface area contributed by atoms with E-state index in [-0.39, 0.29) is 11.0 Å². The first-order valence-corrected chi connectivity index (χ1v) is 9.05. The lowest BCUT2D eigenvalue weighted by molar-refractivity contribution is -0.485. The van der Waals surface area contributed by atoms with Crippen molar-refractivity contribution >= 4 is 28.9 Å². The zero-order valence-electron chi connectivity index (χ0n) is 15.7. The Morgan fingerprint density at radius 3 is 2.43 bits per heavy atom. The molecule has 28 heavy (non-hydrogen) atoms. The summed E-state index contributed by atoms with van der Waals surface area (Å²) in [6, 6.07) is 13.9. The summed E-state index contributed by atoms with van der Waals surface area (Å²) in [4.78, 5) is 25.7. The van der Waals surface area contributed by atoms with E-state index >= 15 is 0 Å². The van der Waals surface area contributed by atoms with Gasteiger partial charge < -0.3 is 14.4 Å². The van der Waals surface area contributed by atoms with E-state index in [1.54, 1.807) is 69.6 Å². The third kappa shape index (κ3) is 3.31. The summed E-state index contributed by atoms with van der Waals surface area (Å²) < 4.78 is 10.9. The molecule has 0 aromatic heterocycles. The highest BCUT2D eigenvalue weighted by Gasteiger charge is 2.55. The SMILES string of the molecule is COc1ccc(OC(=S)[C@]2(C)C(=O)N(C)c3ccccc3[C@@H]2C[N+](=O)[O-])cc1. The predicted molar refractivity (Wildman–Crippen MR) is 109 cm³/mol. The van der Waals surface area contributed by atoms with Gasteiger partial charge in [-0.3, -0.25) is 14.9 Å². The highest BCUT2D eigenvalue weighted by atomic mass is 32.1. The van der Waals surface area contributed by atoms with Crippen molar-refractivity contribution in [2.75, 3.05) is 25.6 Å². The fourth-order valence-electron chi connectivity index (χ4n) is 3.52. The Bertz CT molecular complexity index is 930. The fourth-order valence-corrected chi connectivity index (χ4v) is 3.85. The highest BCUT2D eigenvalue weighted by Crippen LogP contribution is 2.47. The maximum Gasteiger partial charge on any atom is 0.242 e. The zero-order valence-corrected chi connectivity index (χ0v) is 16.6. The van der Waals surface area contributed by atoms with Gasteiger partial charge in [0.1, 0.15) is 16.9 Å². The molecular weight excluding hydrogens is 380 g/mol. The lowest BCUT2D eigenvalue weighted by atomic mass is 9.69. The van der Waals surface area contributed by atoms with Crippen molar-refractivity contribution in [3.63, 3.8) is 0 Å². The van der Waals surface area contributed by atoms with Gasteiger partial charge >= 0.3 is 0 Å². The van der Waals surface area contributed by atoms with Crippen LogP contribution in [0.2, 0.25) is 0 Å². The van der Waals surface area contributed by atoms with Crippen LogP contribution < -0.4 is 14.4 Å². The number of ether oxygens (including phenoxy) is 2. The summed E-state index contributed by atoms with van der Waals surface area (Å²) in [6.45, 7) is 1.18. The monoisotopic (exact) mass is 400 g/mol. The molecule has 0 N–H and O–H groups in total. The first-order valence-electron chi connectivity index (χ1n) is 8.64. The quantitative estimate of drug-likeness (QED) is 0.434. The van der Waals surface area contributed by atoms with Crippen LogP contribution in [0.15, 0.2) is 48.5 Å². The van der Waals surface area contributed by atoms with E-state index in [4.69, 9.17) is 21.7 Å². The van der Waals surface area contributed by atoms with Crippen LogP contribution in [0.3, 0.4) is 0 Å². The highest BCUT2D eigenvalue weighted by molar-refractivity contribution is 7.80. The van der Waals surface area contributed by atoms with Crippen LogP contribution >= 0.6 is 12.2 Å². The van der Waals surface area contributed by atoms with Gasteiger partial charge in [-0.25, -0.2) is 0 Å². The first-order chi connectivity index (χ1) is 13.3. The number of carbonyl (C=O) groups excluding carboxylic acids is 1. The third-order valence-electron chi connectivity index (χ3n) is 5.15. The zero-order chi connectivity index (χ0) is 20.5. The average molecular weight is 400 g/mol. The number of thiocarbonyl (C=S) groups is 1. The molecule has 3 rings (SSSR count). The van der Waals surface area contributed by atoms with Crippen LogP contribution in [0.25, 0.3) is 0 Å². The van der Waals surface area contributed by atoms with Crippen molar-refractivity contribution in [1.82, 2.24) is 0 Å². The number of hydrogen-bond acceptors (Lipinski definition) is 6. The molecule has 7 nitrogen and oxygen atoms in total. The molecule has 0 saturated heterocycles. The van der Waals surface area contributed by atoms with Crippen LogP contribution in [-0.4, -0.2) is 36.6 Å². The Morgan fingerprint density at radius 1 is 1.21 bits per heavy atom. The van der Waals surface area contributed by atoms with Crippen molar-refractivity contribution in [2.45, 2.75) is 12.8 Å². The summed E-state index contributed by atoms with van der Waals surface area (Å²) in [5, 5.41) is 11.4. The number of nitrogens with zero attached hydrogens (tertiary/aromatic N) is 2. The summed E-state index contributed by atoms with van der Waals surface area (Å²) >= 11 is 5.50. The Labute approximate surface area is 168 Å². The maximum atomic E-state index is 13.2. The number of para-hydroxylation sites is 1. The molecule has 1 amide bonds. The second-order valence-electron chi connectivity index (χ2n) is 6.76. The second kappa shape index (κ2) is 7.55. The van der Waals surface area contributed by atoms with Gasteiger partial charge in [0.2, 0.25) is 12.5 Å². The first kappa shape index (κ1) is 19.8. The lowest BCUT2D eigenvalue weighted by Gasteiger charge is -2.42. The van der Waals surface area contributed by atoms with E-state index < -0.39 is 22.8 Å². The van der Waals surface area contributed by atoms with Gasteiger partial charge in [0.25, 0.3) is 0 Å². The van der Waals surface area contributed by atoms with E-state index in [0.717, 1.165) is 0 Å². The van der Waals surface area contributed by atoms with Gasteiger partial charge in [-0.2, -0.15) is 0 Å². The lowest BCUT2D eigenvalue weighted by Crippen LogP contribution is -2.55. The molecule has 0 unspecified atom stereocenters. The summed E-state index contributed by atoms with van der Waals surface area (Å²) in [5.74, 6) is 0.00371. The van der Waals surface area contributed by atoms with Crippen molar-refractivity contribution in [1.29, 1.82) is 0 Å². The molecule has 1 aliphatic heterocycles. The average Bonchev–Trinajstić information content (AvgIpc) is 2.70. The van der Waals surface area contributed by atoms with Crippen molar-refractivity contribution < 1.29 is 19.2 Å². The Hall–Kier alpha value is -3.00. The molecular formula is C20H20N2O5S. The van der Waals surface area contributed by atoms with Gasteiger partial charge in [-0.05, 0) is 55.0 Å². The molecule has 0 radical (unpaired) electrons. The van der Waals surface area contributed by atoms with E-state index in [0.29, 0.717) is 22.7 Å². The van der Waals surface area contributed by atoms with Crippen molar-refractivity contribution in [3.05, 3.63) is 64.2 Å². The minimum absolute atomic E-state index is 0.00382. The molecule has 1 aliphatic rings. The molecule has 2 atom stereocenters. The van der Waals surface area contributed by atoms with Crippen LogP contribution in [0.4, 0.5) is 5.69 Å². The maximum absolute atomic E-state index is 13.2. The number of fused-ring (bicyclic) bond motifs is 1. The summed E-state index contributed by atoms with van der Waals surface area (Å²) in [5.41, 5.74) is -0.0284. The molecule has 2 aromatic carbocycles. The van der Waals surface area contributed by atoms with E-state index in [9.17, 15) is 14.9 Å². The Morgan fingerprint density at radius 2 is 1.82 bits per heavy atom. The van der Waals surface area contributed by atoms with Crippen molar-refractivity contribution in [2.24, 2.45) is 5.41 Å². The molecule has 146 valence electrons. The number of rotatable bonds is 5. The van der Waals surface area contributed by atoms with Crippen molar-refractivity contribution in [3.8, 4) is 11.5 Å². The molecule has 0 spiro atoms. The van der Waals surface area contributed by atoms with Crippen LogP contribution in [0.5, 0.6) is 11.5 Å². The minimum Gasteiger partial charge on any atom is -0.497 e. The largest absolute Gasteiger partial charge is 0.497 e. The number of anilines is 1. The van der Waals surface area contributed by atoms with E-state index in [1.807, 2.05) is 0 Å². The number of carbonyl (C=O) groups is 1. The van der Waals surface area contributed by atoms with Gasteiger partial charge in [0, 0.05) is 17.7 Å². The number of benzene rings is 2. The molecule has 1 heterocycles. The standard InChI is InChI=1S/C20H20N2O5S/c1-20(19(28)27-14-10-8-13(26-3)9-11-14)16(12-22(24)25)15-6-4-5-7-17(15)21(2)18(20)23/h4-11,16H,12H2,1-3H3/t16-,20-/m0/s1. The minimum atomic E-state index is -1.37. The van der Waals surface area contributed by atoms with Gasteiger partial charge in [-0.1, -0.05) is 18.2 Å². The van der Waals surface area contributed by atoms with E-state index in [1.165, 1.54) is 4.90 Å². The number of hydrogen-bond donors (Lipinski definition) is 0. The predicted octanol–water partition coefficient (Wildman–Crippen LogP) is 3.44. The fraction of sp³-hybridized carbons (Fsp3) is 0.300. The van der Waals surface area contributed by atoms with E-state index in [2.05, 4.69) is 0 Å². The van der Waals surface area contributed by atoms with Crippen LogP contribution in [-0.2, 0) is 4.79 Å². The second-order valence-corrected chi connectivity index (χ2v) is 7.13. The Kier molecular flexibility index (Phi) is 5.33. The smallest absolute Gasteiger partial charge is 0.242 e. The molecule has 0 saturated carbocycles. The van der Waals surface area contributed by atoms with Gasteiger partial charge in [0.05, 0.1) is 13.0 Å². The third-order valence-corrected chi connectivity index (χ3v) is 5.65. The Balaban J connectivity index is 2.02. The normalized spacial score (nSPS) is 21.0. The molecule has 8 heteroatoms. The van der Waals surface area contributed by atoms with Crippen LogP contribution in [0, 0.1) is 15.5 Å². The van der Waals surface area contributed by atoms with Gasteiger partial charge in [0.15, 0.2) is 5.05 Å². The number of nitro groups is 1. The van der Waals surface area contributed by atoms with Crippen LogP contribution in [0.1, 0.15) is 18.4 Å². The molecule has 0 bridgehead atoms. The number of methoxy groups -OCH3 is 1. The summed E-state index contributed by atoms with van der Waals surface area (Å²) in [7, 11) is 3.19. The van der Waals surface area contributed by atoms with Gasteiger partial charge in [-0.15, -0.1) is 0 Å².